The first-order valence-corrected chi connectivity index (χ1v) is 8.09. The Bertz CT molecular complexity index is 637. The number of alkyl halides is 3. The van der Waals surface area contributed by atoms with E-state index in [-0.39, 0.29) is 0 Å². The molecular weight excluding hydrogens is 321 g/mol. The lowest BCUT2D eigenvalue weighted by Crippen LogP contribution is -2.45. The lowest BCUT2D eigenvalue weighted by molar-refractivity contribution is -0.137. The molecule has 22 heavy (non-hydrogen) atoms. The second-order valence-corrected chi connectivity index (χ2v) is 7.36. The third kappa shape index (κ3) is 4.97. The number of rotatable bonds is 5. The first kappa shape index (κ1) is 18.4. The van der Waals surface area contributed by atoms with Crippen molar-refractivity contribution < 1.29 is 26.4 Å². The molecule has 0 saturated heterocycles. The fourth-order valence-corrected chi connectivity index (χ4v) is 2.53. The van der Waals surface area contributed by atoms with Crippen LogP contribution in [0.1, 0.15) is 32.8 Å². The number of amides is 1. The third-order valence-electron chi connectivity index (χ3n) is 3.07. The van der Waals surface area contributed by atoms with Gasteiger partial charge in [0.15, 0.2) is 5.03 Å². The second kappa shape index (κ2) is 6.23. The van der Waals surface area contributed by atoms with Crippen LogP contribution in [0.4, 0.5) is 13.2 Å². The zero-order valence-electron chi connectivity index (χ0n) is 12.4. The van der Waals surface area contributed by atoms with Crippen molar-refractivity contribution in [3.05, 3.63) is 23.9 Å². The number of carbonyl (C=O) groups is 1. The Hall–Kier alpha value is -1.64. The SMILES string of the molecule is CCC(C)(C)NC(=O)CS(=O)(=O)c1ccc(C(F)(F)F)cn1. The van der Waals surface area contributed by atoms with Crippen molar-refractivity contribution in [3.63, 3.8) is 0 Å². The number of halogens is 3. The van der Waals surface area contributed by atoms with E-state index in [1.54, 1.807) is 13.8 Å². The standard InChI is InChI=1S/C13H17F3N2O3S/c1-4-12(2,3)18-10(19)8-22(20,21)11-6-5-9(7-17-11)13(14,15)16/h5-7H,4,8H2,1-3H3,(H,18,19). The zero-order chi connectivity index (χ0) is 17.2. The average Bonchev–Trinajstić information content (AvgIpc) is 2.36. The van der Waals surface area contributed by atoms with Gasteiger partial charge in [-0.15, -0.1) is 0 Å². The molecule has 0 aliphatic rings. The molecule has 0 fully saturated rings. The number of sulfone groups is 1. The lowest BCUT2D eigenvalue weighted by Gasteiger charge is -2.24. The summed E-state index contributed by atoms with van der Waals surface area (Å²) in [5.41, 5.74) is -1.62. The normalized spacial score (nSPS) is 13.0. The molecule has 1 heterocycles. The molecule has 0 atom stereocenters. The number of nitrogens with zero attached hydrogens (tertiary/aromatic N) is 1. The summed E-state index contributed by atoms with van der Waals surface area (Å²) in [7, 11) is -4.09. The third-order valence-corrected chi connectivity index (χ3v) is 4.59. The van der Waals surface area contributed by atoms with Gasteiger partial charge in [-0.2, -0.15) is 13.2 Å². The van der Waals surface area contributed by atoms with Crippen LogP contribution >= 0.6 is 0 Å². The first-order chi connectivity index (χ1) is 9.87. The maximum absolute atomic E-state index is 12.4. The van der Waals surface area contributed by atoms with Gasteiger partial charge >= 0.3 is 6.18 Å². The molecule has 1 aromatic heterocycles. The second-order valence-electron chi connectivity index (χ2n) is 5.43. The maximum Gasteiger partial charge on any atom is 0.417 e. The Labute approximate surface area is 126 Å². The summed E-state index contributed by atoms with van der Waals surface area (Å²) in [6.07, 6.45) is -3.57. The Morgan fingerprint density at radius 2 is 1.86 bits per heavy atom. The molecule has 1 rings (SSSR count). The molecular formula is C13H17F3N2O3S. The molecule has 0 aromatic carbocycles. The lowest BCUT2D eigenvalue weighted by atomic mass is 10.0. The Morgan fingerprint density at radius 1 is 1.27 bits per heavy atom. The van der Waals surface area contributed by atoms with Crippen LogP contribution in [-0.2, 0) is 20.8 Å². The number of hydrogen-bond acceptors (Lipinski definition) is 4. The summed E-state index contributed by atoms with van der Waals surface area (Å²) in [6, 6.07) is 1.37. The van der Waals surface area contributed by atoms with Crippen molar-refractivity contribution in [2.24, 2.45) is 0 Å². The van der Waals surface area contributed by atoms with Crippen LogP contribution in [0.25, 0.3) is 0 Å². The zero-order valence-corrected chi connectivity index (χ0v) is 13.2. The molecule has 0 saturated carbocycles. The summed E-state index contributed by atoms with van der Waals surface area (Å²) in [5, 5.41) is 1.98. The Balaban J connectivity index is 2.89. The van der Waals surface area contributed by atoms with Gasteiger partial charge in [0.05, 0.1) is 5.56 Å². The molecule has 124 valence electrons. The van der Waals surface area contributed by atoms with E-state index in [4.69, 9.17) is 0 Å². The average molecular weight is 338 g/mol. The van der Waals surface area contributed by atoms with Gasteiger partial charge in [0.25, 0.3) is 0 Å². The van der Waals surface area contributed by atoms with E-state index in [0.717, 1.165) is 6.07 Å². The predicted octanol–water partition coefficient (Wildman–Crippen LogP) is 2.18. The van der Waals surface area contributed by atoms with E-state index in [2.05, 4.69) is 10.3 Å². The molecule has 0 aliphatic carbocycles. The molecule has 0 radical (unpaired) electrons. The van der Waals surface area contributed by atoms with Crippen molar-refractivity contribution in [2.45, 2.75) is 43.9 Å². The first-order valence-electron chi connectivity index (χ1n) is 6.44. The van der Waals surface area contributed by atoms with Crippen LogP contribution in [0.15, 0.2) is 23.4 Å². The quantitative estimate of drug-likeness (QED) is 0.893. The topological polar surface area (TPSA) is 76.1 Å². The van der Waals surface area contributed by atoms with Gasteiger partial charge in [-0.1, -0.05) is 6.92 Å². The van der Waals surface area contributed by atoms with Gasteiger partial charge < -0.3 is 5.32 Å². The number of aromatic nitrogens is 1. The van der Waals surface area contributed by atoms with Gasteiger partial charge in [-0.05, 0) is 32.4 Å². The highest BCUT2D eigenvalue weighted by molar-refractivity contribution is 7.92. The fraction of sp³-hybridized carbons (Fsp3) is 0.538. The van der Waals surface area contributed by atoms with Crippen molar-refractivity contribution in [1.82, 2.24) is 10.3 Å². The summed E-state index contributed by atoms with van der Waals surface area (Å²) < 4.78 is 61.1. The molecule has 1 aromatic rings. The van der Waals surface area contributed by atoms with Crippen molar-refractivity contribution >= 4 is 15.7 Å². The molecule has 0 unspecified atom stereocenters. The van der Waals surface area contributed by atoms with E-state index in [0.29, 0.717) is 18.7 Å². The Morgan fingerprint density at radius 3 is 2.27 bits per heavy atom. The largest absolute Gasteiger partial charge is 0.417 e. The molecule has 1 amide bonds. The van der Waals surface area contributed by atoms with E-state index in [1.807, 2.05) is 6.92 Å². The van der Waals surface area contributed by atoms with E-state index in [9.17, 15) is 26.4 Å². The molecule has 9 heteroatoms. The Kier molecular flexibility index (Phi) is 5.21. The predicted molar refractivity (Wildman–Crippen MR) is 73.8 cm³/mol. The van der Waals surface area contributed by atoms with Gasteiger partial charge in [-0.3, -0.25) is 4.79 Å². The minimum Gasteiger partial charge on any atom is -0.350 e. The van der Waals surface area contributed by atoms with Crippen LogP contribution in [0.5, 0.6) is 0 Å². The smallest absolute Gasteiger partial charge is 0.350 e. The van der Waals surface area contributed by atoms with Gasteiger partial charge in [-0.25, -0.2) is 13.4 Å². The molecule has 1 N–H and O–H groups in total. The van der Waals surface area contributed by atoms with Crippen LogP contribution in [0, 0.1) is 0 Å². The molecule has 0 spiro atoms. The summed E-state index contributed by atoms with van der Waals surface area (Å²) in [5.74, 6) is -1.59. The number of carbonyl (C=O) groups excluding carboxylic acids is 1. The fourth-order valence-electron chi connectivity index (χ4n) is 1.48. The van der Waals surface area contributed by atoms with Gasteiger partial charge in [0, 0.05) is 11.7 Å². The van der Waals surface area contributed by atoms with E-state index in [1.165, 1.54) is 0 Å². The van der Waals surface area contributed by atoms with Crippen LogP contribution in [0.3, 0.4) is 0 Å². The monoisotopic (exact) mass is 338 g/mol. The minimum absolute atomic E-state index is 0.431. The minimum atomic E-state index is -4.60. The van der Waals surface area contributed by atoms with Gasteiger partial charge in [0.2, 0.25) is 15.7 Å². The number of nitrogens with one attached hydrogen (secondary N) is 1. The highest BCUT2D eigenvalue weighted by Gasteiger charge is 2.32. The van der Waals surface area contributed by atoms with Crippen LogP contribution in [-0.4, -0.2) is 30.6 Å². The van der Waals surface area contributed by atoms with Crippen molar-refractivity contribution in [2.75, 3.05) is 5.75 Å². The molecule has 5 nitrogen and oxygen atoms in total. The van der Waals surface area contributed by atoms with Crippen molar-refractivity contribution in [3.8, 4) is 0 Å². The van der Waals surface area contributed by atoms with E-state index < -0.39 is 43.8 Å². The van der Waals surface area contributed by atoms with Crippen LogP contribution < -0.4 is 5.32 Å². The highest BCUT2D eigenvalue weighted by atomic mass is 32.2. The summed E-state index contributed by atoms with van der Waals surface area (Å²) in [4.78, 5) is 15.0. The highest BCUT2D eigenvalue weighted by Crippen LogP contribution is 2.28. The van der Waals surface area contributed by atoms with Crippen LogP contribution in [0.2, 0.25) is 0 Å². The summed E-state index contributed by atoms with van der Waals surface area (Å²) >= 11 is 0. The van der Waals surface area contributed by atoms with Gasteiger partial charge in [0.1, 0.15) is 5.75 Å². The van der Waals surface area contributed by atoms with E-state index >= 15 is 0 Å². The van der Waals surface area contributed by atoms with Crippen molar-refractivity contribution in [1.29, 1.82) is 0 Å². The number of pyridine rings is 1. The molecule has 0 aliphatic heterocycles. The summed E-state index contributed by atoms with van der Waals surface area (Å²) in [6.45, 7) is 5.29. The number of hydrogen-bond donors (Lipinski definition) is 1. The molecule has 0 bridgehead atoms. The maximum atomic E-state index is 12.4.